The van der Waals surface area contributed by atoms with Crippen LogP contribution >= 0.6 is 0 Å². The van der Waals surface area contributed by atoms with Gasteiger partial charge < -0.3 is 9.47 Å². The van der Waals surface area contributed by atoms with Crippen LogP contribution in [-0.4, -0.2) is 17.5 Å². The summed E-state index contributed by atoms with van der Waals surface area (Å²) in [6, 6.07) is 0. The molecule has 0 N–H and O–H groups in total. The molecule has 0 aliphatic carbocycles. The van der Waals surface area contributed by atoms with E-state index in [2.05, 4.69) is 20.8 Å². The van der Waals surface area contributed by atoms with Crippen molar-refractivity contribution in [2.45, 2.75) is 44.7 Å². The van der Waals surface area contributed by atoms with Gasteiger partial charge in [-0.05, 0) is 20.3 Å². The molecule has 0 amide bonds. The smallest absolute Gasteiger partial charge is 0.225 e. The van der Waals surface area contributed by atoms with E-state index < -0.39 is 0 Å². The van der Waals surface area contributed by atoms with Crippen molar-refractivity contribution in [3.05, 3.63) is 0 Å². The van der Waals surface area contributed by atoms with Crippen molar-refractivity contribution in [3.8, 4) is 0 Å². The lowest BCUT2D eigenvalue weighted by Gasteiger charge is -1.85. The van der Waals surface area contributed by atoms with Crippen molar-refractivity contribution < 1.29 is 9.47 Å². The Morgan fingerprint density at radius 1 is 1.44 bits per heavy atom. The van der Waals surface area contributed by atoms with E-state index in [1.165, 1.54) is 0 Å². The molecule has 0 saturated carbocycles. The summed E-state index contributed by atoms with van der Waals surface area (Å²) in [4.78, 5) is 0. The second-order valence-corrected chi connectivity index (χ2v) is 3.29. The van der Waals surface area contributed by atoms with Gasteiger partial charge in [0.05, 0.1) is 0 Å². The lowest BCUT2D eigenvalue weighted by Crippen LogP contribution is -2.07. The van der Waals surface area contributed by atoms with Crippen molar-refractivity contribution in [1.29, 1.82) is 0 Å². The van der Waals surface area contributed by atoms with Gasteiger partial charge in [0.1, 0.15) is 11.7 Å². The third-order valence-corrected chi connectivity index (χ3v) is 2.26. The van der Waals surface area contributed by atoms with Gasteiger partial charge in [-0.15, -0.1) is 0 Å². The maximum Gasteiger partial charge on any atom is 0.225 e. The van der Waals surface area contributed by atoms with Gasteiger partial charge in [-0.25, -0.2) is 0 Å². The van der Waals surface area contributed by atoms with E-state index in [4.69, 9.17) is 9.47 Å². The molecular weight excluding hydrogens is 116 g/mol. The van der Waals surface area contributed by atoms with E-state index in [0.29, 0.717) is 6.10 Å². The Morgan fingerprint density at radius 2 is 2.00 bits per heavy atom. The first kappa shape index (κ1) is 5.69. The highest BCUT2D eigenvalue weighted by atomic mass is 16.9. The van der Waals surface area contributed by atoms with E-state index in [0.717, 1.165) is 6.42 Å². The van der Waals surface area contributed by atoms with Crippen LogP contribution in [0.25, 0.3) is 0 Å². The van der Waals surface area contributed by atoms with Crippen LogP contribution in [0.5, 0.6) is 0 Å². The molecule has 2 aliphatic rings. The molecule has 2 aliphatic heterocycles. The lowest BCUT2D eigenvalue weighted by molar-refractivity contribution is 0.241. The molecule has 2 atom stereocenters. The van der Waals surface area contributed by atoms with Crippen LogP contribution in [0.4, 0.5) is 0 Å². The molecule has 2 heterocycles. The van der Waals surface area contributed by atoms with Gasteiger partial charge in [0.2, 0.25) is 5.79 Å². The second-order valence-electron chi connectivity index (χ2n) is 3.29. The van der Waals surface area contributed by atoms with Crippen LogP contribution in [0.15, 0.2) is 0 Å². The van der Waals surface area contributed by atoms with Crippen molar-refractivity contribution in [3.63, 3.8) is 0 Å². The Morgan fingerprint density at radius 3 is 2.11 bits per heavy atom. The largest absolute Gasteiger partial charge is 0.336 e. The van der Waals surface area contributed by atoms with Gasteiger partial charge in [-0.1, -0.05) is 6.92 Å². The zero-order valence-corrected chi connectivity index (χ0v) is 6.10. The highest BCUT2D eigenvalue weighted by Gasteiger charge is 2.80. The molecule has 9 heavy (non-hydrogen) atoms. The quantitative estimate of drug-likeness (QED) is 0.497. The molecule has 0 aromatic rings. The fourth-order valence-corrected chi connectivity index (χ4v) is 1.50. The van der Waals surface area contributed by atoms with Gasteiger partial charge in [0.15, 0.2) is 0 Å². The molecule has 1 spiro atoms. The van der Waals surface area contributed by atoms with Gasteiger partial charge >= 0.3 is 0 Å². The third kappa shape index (κ3) is 0.485. The highest BCUT2D eigenvalue weighted by molar-refractivity contribution is 5.17. The summed E-state index contributed by atoms with van der Waals surface area (Å²) in [6.45, 7) is 6.27. The molecule has 2 nitrogen and oxygen atoms in total. The fraction of sp³-hybridized carbons (Fsp3) is 1.00. The molecule has 0 aromatic carbocycles. The topological polar surface area (TPSA) is 25.1 Å². The first-order chi connectivity index (χ1) is 4.12. The van der Waals surface area contributed by atoms with E-state index in [9.17, 15) is 0 Å². The van der Waals surface area contributed by atoms with Crippen LogP contribution < -0.4 is 0 Å². The van der Waals surface area contributed by atoms with Gasteiger partial charge in [0, 0.05) is 0 Å². The van der Waals surface area contributed by atoms with Crippen LogP contribution in [0, 0.1) is 0 Å². The molecule has 0 aromatic heterocycles. The normalized spacial score (nSPS) is 51.7. The Bertz CT molecular complexity index is 153. The van der Waals surface area contributed by atoms with E-state index in [1.54, 1.807) is 0 Å². The minimum atomic E-state index is -0.137. The molecule has 0 bridgehead atoms. The van der Waals surface area contributed by atoms with Gasteiger partial charge in [0.25, 0.3) is 0 Å². The number of hydrogen-bond acceptors (Lipinski definition) is 2. The average Bonchev–Trinajstić information content (AvgIpc) is 2.53. The molecule has 2 rings (SSSR count). The summed E-state index contributed by atoms with van der Waals surface area (Å²) >= 11 is 0. The Kier molecular flexibility index (Phi) is 0.746. The number of rotatable bonds is 1. The Balaban J connectivity index is 2.05. The predicted molar refractivity (Wildman–Crippen MR) is 33.1 cm³/mol. The standard InChI is InChI=1S/C7H12O2/c1-4-5-7(8-5)6(2,3)9-7/h5H,4H2,1-3H3. The summed E-state index contributed by atoms with van der Waals surface area (Å²) in [5.74, 6) is -0.137. The van der Waals surface area contributed by atoms with E-state index >= 15 is 0 Å². The third-order valence-electron chi connectivity index (χ3n) is 2.26. The maximum absolute atomic E-state index is 5.38. The number of hydrogen-bond donors (Lipinski definition) is 0. The maximum atomic E-state index is 5.38. The lowest BCUT2D eigenvalue weighted by atomic mass is 10.1. The average molecular weight is 128 g/mol. The minimum Gasteiger partial charge on any atom is -0.336 e. The Hall–Kier alpha value is -0.0800. The Labute approximate surface area is 55.1 Å². The van der Waals surface area contributed by atoms with E-state index in [1.807, 2.05) is 0 Å². The molecule has 2 fully saturated rings. The van der Waals surface area contributed by atoms with Crippen LogP contribution in [0.3, 0.4) is 0 Å². The summed E-state index contributed by atoms with van der Waals surface area (Å²) < 4.78 is 10.7. The first-order valence-electron chi connectivity index (χ1n) is 3.50. The SMILES string of the molecule is CCC1OC12OC2(C)C. The molecule has 0 radical (unpaired) electrons. The minimum absolute atomic E-state index is 0.00762. The van der Waals surface area contributed by atoms with Gasteiger partial charge in [-0.3, -0.25) is 0 Å². The van der Waals surface area contributed by atoms with Gasteiger partial charge in [-0.2, -0.15) is 0 Å². The van der Waals surface area contributed by atoms with Crippen molar-refractivity contribution in [2.75, 3.05) is 0 Å². The molecule has 2 unspecified atom stereocenters. The summed E-state index contributed by atoms with van der Waals surface area (Å²) in [5, 5.41) is 0. The number of ether oxygens (including phenoxy) is 2. The summed E-state index contributed by atoms with van der Waals surface area (Å²) in [7, 11) is 0. The van der Waals surface area contributed by atoms with Crippen molar-refractivity contribution >= 4 is 0 Å². The monoisotopic (exact) mass is 128 g/mol. The predicted octanol–water partition coefficient (Wildman–Crippen LogP) is 1.30. The zero-order chi connectivity index (χ0) is 6.70. The first-order valence-corrected chi connectivity index (χ1v) is 3.50. The molecular formula is C7H12O2. The van der Waals surface area contributed by atoms with Crippen LogP contribution in [0.2, 0.25) is 0 Å². The highest BCUT2D eigenvalue weighted by Crippen LogP contribution is 2.63. The van der Waals surface area contributed by atoms with E-state index in [-0.39, 0.29) is 11.4 Å². The van der Waals surface area contributed by atoms with Crippen molar-refractivity contribution in [2.24, 2.45) is 0 Å². The van der Waals surface area contributed by atoms with Crippen molar-refractivity contribution in [1.82, 2.24) is 0 Å². The second kappa shape index (κ2) is 1.18. The fourth-order valence-electron chi connectivity index (χ4n) is 1.50. The molecule has 2 heteroatoms. The molecule has 2 saturated heterocycles. The summed E-state index contributed by atoms with van der Waals surface area (Å²) in [6.07, 6.45) is 1.45. The summed E-state index contributed by atoms with van der Waals surface area (Å²) in [5.41, 5.74) is 0.00762. The number of epoxide rings is 2. The van der Waals surface area contributed by atoms with Crippen LogP contribution in [-0.2, 0) is 9.47 Å². The zero-order valence-electron chi connectivity index (χ0n) is 6.10. The van der Waals surface area contributed by atoms with Crippen LogP contribution in [0.1, 0.15) is 27.2 Å². The molecule has 52 valence electrons.